The van der Waals surface area contributed by atoms with Crippen LogP contribution in [0.5, 0.6) is 0 Å². The Kier molecular flexibility index (Phi) is 2.25. The van der Waals surface area contributed by atoms with Crippen molar-refractivity contribution >= 4 is 0 Å². The zero-order chi connectivity index (χ0) is 8.32. The number of nitrogens with zero attached hydrogens (tertiary/aromatic N) is 1. The van der Waals surface area contributed by atoms with Gasteiger partial charge in [0.05, 0.1) is 11.2 Å². The first-order valence-electron chi connectivity index (χ1n) is 3.77. The molecular formula is C9H14N2. The molecule has 2 heteroatoms. The Hall–Kier alpha value is -0.890. The average Bonchev–Trinajstić information content (AvgIpc) is 2.06. The third-order valence-corrected chi connectivity index (χ3v) is 1.93. The van der Waals surface area contributed by atoms with Gasteiger partial charge in [-0.2, -0.15) is 0 Å². The lowest BCUT2D eigenvalue weighted by atomic mass is 10.0. The maximum Gasteiger partial charge on any atom is 0.0598 e. The molecule has 1 aromatic rings. The van der Waals surface area contributed by atoms with Crippen LogP contribution in [0.4, 0.5) is 0 Å². The standard InChI is InChI=1S/C9H14N2/c1-9(2,10-3)8-6-4-5-7-11-8/h4-7,10H,1-3H3. The van der Waals surface area contributed by atoms with Crippen LogP contribution in [0, 0.1) is 0 Å². The van der Waals surface area contributed by atoms with Gasteiger partial charge >= 0.3 is 0 Å². The van der Waals surface area contributed by atoms with Crippen molar-refractivity contribution in [3.63, 3.8) is 0 Å². The summed E-state index contributed by atoms with van der Waals surface area (Å²) >= 11 is 0. The minimum Gasteiger partial charge on any atom is -0.310 e. The zero-order valence-electron chi connectivity index (χ0n) is 7.26. The molecule has 0 bridgehead atoms. The van der Waals surface area contributed by atoms with E-state index in [1.54, 1.807) is 0 Å². The lowest BCUT2D eigenvalue weighted by molar-refractivity contribution is 0.431. The molecule has 1 rings (SSSR count). The Morgan fingerprint density at radius 3 is 2.55 bits per heavy atom. The quantitative estimate of drug-likeness (QED) is 0.691. The van der Waals surface area contributed by atoms with Crippen LogP contribution >= 0.6 is 0 Å². The summed E-state index contributed by atoms with van der Waals surface area (Å²) in [6, 6.07) is 5.95. The zero-order valence-corrected chi connectivity index (χ0v) is 7.26. The molecular weight excluding hydrogens is 136 g/mol. The number of pyridine rings is 1. The van der Waals surface area contributed by atoms with Crippen molar-refractivity contribution in [1.29, 1.82) is 0 Å². The van der Waals surface area contributed by atoms with Gasteiger partial charge in [-0.15, -0.1) is 0 Å². The SMILES string of the molecule is CNC(C)(C)c1ccccn1. The van der Waals surface area contributed by atoms with Crippen LogP contribution in [-0.2, 0) is 5.54 Å². The predicted octanol–water partition coefficient (Wildman–Crippen LogP) is 1.54. The van der Waals surface area contributed by atoms with Crippen LogP contribution in [0.3, 0.4) is 0 Å². The number of hydrogen-bond acceptors (Lipinski definition) is 2. The van der Waals surface area contributed by atoms with Gasteiger partial charge in [0.1, 0.15) is 0 Å². The summed E-state index contributed by atoms with van der Waals surface area (Å²) in [7, 11) is 1.94. The topological polar surface area (TPSA) is 24.9 Å². The largest absolute Gasteiger partial charge is 0.310 e. The molecule has 1 aromatic heterocycles. The molecule has 0 aliphatic heterocycles. The van der Waals surface area contributed by atoms with Crippen LogP contribution in [-0.4, -0.2) is 12.0 Å². The summed E-state index contributed by atoms with van der Waals surface area (Å²) < 4.78 is 0. The Morgan fingerprint density at radius 1 is 1.36 bits per heavy atom. The van der Waals surface area contributed by atoms with E-state index in [0.717, 1.165) is 5.69 Å². The van der Waals surface area contributed by atoms with Gasteiger partial charge in [0, 0.05) is 6.20 Å². The predicted molar refractivity (Wildman–Crippen MR) is 46.3 cm³/mol. The minimum atomic E-state index is -0.0265. The van der Waals surface area contributed by atoms with E-state index < -0.39 is 0 Å². The Labute approximate surface area is 67.7 Å². The van der Waals surface area contributed by atoms with E-state index in [4.69, 9.17) is 0 Å². The molecule has 0 saturated carbocycles. The Bertz CT molecular complexity index is 216. The van der Waals surface area contributed by atoms with Crippen molar-refractivity contribution in [1.82, 2.24) is 10.3 Å². The van der Waals surface area contributed by atoms with Gasteiger partial charge in [-0.05, 0) is 33.0 Å². The maximum absolute atomic E-state index is 4.26. The van der Waals surface area contributed by atoms with Crippen molar-refractivity contribution in [2.24, 2.45) is 0 Å². The fraction of sp³-hybridized carbons (Fsp3) is 0.444. The first-order valence-corrected chi connectivity index (χ1v) is 3.77. The molecule has 0 atom stereocenters. The van der Waals surface area contributed by atoms with Gasteiger partial charge in [0.15, 0.2) is 0 Å². The summed E-state index contributed by atoms with van der Waals surface area (Å²) in [6.45, 7) is 4.21. The van der Waals surface area contributed by atoms with Crippen molar-refractivity contribution in [2.45, 2.75) is 19.4 Å². The van der Waals surface area contributed by atoms with E-state index in [2.05, 4.69) is 24.1 Å². The third kappa shape index (κ3) is 1.77. The fourth-order valence-electron chi connectivity index (χ4n) is 0.861. The third-order valence-electron chi connectivity index (χ3n) is 1.93. The molecule has 0 saturated heterocycles. The van der Waals surface area contributed by atoms with Crippen LogP contribution in [0.2, 0.25) is 0 Å². The molecule has 0 fully saturated rings. The van der Waals surface area contributed by atoms with Crippen molar-refractivity contribution in [3.05, 3.63) is 30.1 Å². The second-order valence-electron chi connectivity index (χ2n) is 3.09. The second kappa shape index (κ2) is 3.01. The smallest absolute Gasteiger partial charge is 0.0598 e. The monoisotopic (exact) mass is 150 g/mol. The summed E-state index contributed by atoms with van der Waals surface area (Å²) in [5.41, 5.74) is 1.05. The van der Waals surface area contributed by atoms with Crippen LogP contribution in [0.25, 0.3) is 0 Å². The molecule has 1 N–H and O–H groups in total. The number of hydrogen-bond donors (Lipinski definition) is 1. The van der Waals surface area contributed by atoms with Gasteiger partial charge < -0.3 is 5.32 Å². The van der Waals surface area contributed by atoms with E-state index in [0.29, 0.717) is 0 Å². The second-order valence-corrected chi connectivity index (χ2v) is 3.09. The van der Waals surface area contributed by atoms with Crippen molar-refractivity contribution in [3.8, 4) is 0 Å². The van der Waals surface area contributed by atoms with E-state index in [1.165, 1.54) is 0 Å². The van der Waals surface area contributed by atoms with E-state index >= 15 is 0 Å². The molecule has 0 unspecified atom stereocenters. The molecule has 0 aliphatic carbocycles. The number of rotatable bonds is 2. The van der Waals surface area contributed by atoms with E-state index in [9.17, 15) is 0 Å². The first-order chi connectivity index (χ1) is 5.17. The summed E-state index contributed by atoms with van der Waals surface area (Å²) in [4.78, 5) is 4.26. The van der Waals surface area contributed by atoms with Gasteiger partial charge in [0.2, 0.25) is 0 Å². The molecule has 0 aliphatic rings. The Balaban J connectivity index is 2.93. The number of aromatic nitrogens is 1. The van der Waals surface area contributed by atoms with Crippen LogP contribution in [0.15, 0.2) is 24.4 Å². The summed E-state index contributed by atoms with van der Waals surface area (Å²) in [6.07, 6.45) is 1.81. The van der Waals surface area contributed by atoms with Crippen LogP contribution in [0.1, 0.15) is 19.5 Å². The Morgan fingerprint density at radius 2 is 2.09 bits per heavy atom. The lowest BCUT2D eigenvalue weighted by Gasteiger charge is -2.22. The molecule has 0 amide bonds. The highest BCUT2D eigenvalue weighted by Crippen LogP contribution is 2.15. The molecule has 0 spiro atoms. The molecule has 0 radical (unpaired) electrons. The van der Waals surface area contributed by atoms with Gasteiger partial charge in [0.25, 0.3) is 0 Å². The maximum atomic E-state index is 4.26. The molecule has 60 valence electrons. The summed E-state index contributed by atoms with van der Waals surface area (Å²) in [5.74, 6) is 0. The first kappa shape index (κ1) is 8.21. The van der Waals surface area contributed by atoms with Gasteiger partial charge in [-0.1, -0.05) is 6.07 Å². The molecule has 11 heavy (non-hydrogen) atoms. The highest BCUT2D eigenvalue weighted by atomic mass is 15.0. The van der Waals surface area contributed by atoms with E-state index in [1.807, 2.05) is 31.4 Å². The highest BCUT2D eigenvalue weighted by Gasteiger charge is 2.17. The van der Waals surface area contributed by atoms with Crippen molar-refractivity contribution < 1.29 is 0 Å². The molecule has 1 heterocycles. The van der Waals surface area contributed by atoms with Gasteiger partial charge in [-0.25, -0.2) is 0 Å². The number of nitrogens with one attached hydrogen (secondary N) is 1. The van der Waals surface area contributed by atoms with Crippen LogP contribution < -0.4 is 5.32 Å². The minimum absolute atomic E-state index is 0.0265. The average molecular weight is 150 g/mol. The molecule has 0 aromatic carbocycles. The normalized spacial score (nSPS) is 11.5. The van der Waals surface area contributed by atoms with Crippen molar-refractivity contribution in [2.75, 3.05) is 7.05 Å². The highest BCUT2D eigenvalue weighted by molar-refractivity contribution is 5.12. The fourth-order valence-corrected chi connectivity index (χ4v) is 0.861. The van der Waals surface area contributed by atoms with E-state index in [-0.39, 0.29) is 5.54 Å². The lowest BCUT2D eigenvalue weighted by Crippen LogP contribution is -2.33. The van der Waals surface area contributed by atoms with Gasteiger partial charge in [-0.3, -0.25) is 4.98 Å². The molecule has 2 nitrogen and oxygen atoms in total. The summed E-state index contributed by atoms with van der Waals surface area (Å²) in [5, 5.41) is 3.20.